The maximum atomic E-state index is 11.8. The predicted molar refractivity (Wildman–Crippen MR) is 73.6 cm³/mol. The Hall–Kier alpha value is -1.40. The number of rotatable bonds is 8. The van der Waals surface area contributed by atoms with E-state index in [0.29, 0.717) is 19.7 Å². The summed E-state index contributed by atoms with van der Waals surface area (Å²) in [5.74, 6) is 0.776. The van der Waals surface area contributed by atoms with E-state index in [1.165, 1.54) is 0 Å². The van der Waals surface area contributed by atoms with Gasteiger partial charge in [0.15, 0.2) is 0 Å². The van der Waals surface area contributed by atoms with Crippen LogP contribution in [0.3, 0.4) is 0 Å². The minimum atomic E-state index is -0.296. The molecule has 0 aromatic carbocycles. The topological polar surface area (TPSA) is 59.4 Å². The Kier molecular flexibility index (Phi) is 6.52. The van der Waals surface area contributed by atoms with Crippen LogP contribution in [0.25, 0.3) is 0 Å². The maximum absolute atomic E-state index is 11.8. The minimum absolute atomic E-state index is 0.198. The number of imidazole rings is 1. The van der Waals surface area contributed by atoms with Gasteiger partial charge in [-0.05, 0) is 20.5 Å². The molecule has 0 bridgehead atoms. The summed E-state index contributed by atoms with van der Waals surface area (Å²) in [6, 6.07) is -0.296. The Morgan fingerprint density at radius 3 is 2.84 bits per heavy atom. The summed E-state index contributed by atoms with van der Waals surface area (Å²) in [7, 11) is 3.93. The van der Waals surface area contributed by atoms with Crippen molar-refractivity contribution >= 4 is 5.97 Å². The fraction of sp³-hybridized carbons (Fsp3) is 0.692. The van der Waals surface area contributed by atoms with Gasteiger partial charge in [0.1, 0.15) is 11.9 Å². The average Bonchev–Trinajstić information content (AvgIpc) is 2.75. The quantitative estimate of drug-likeness (QED) is 0.691. The third-order valence-corrected chi connectivity index (χ3v) is 2.85. The van der Waals surface area contributed by atoms with E-state index in [-0.39, 0.29) is 12.0 Å². The van der Waals surface area contributed by atoms with Crippen molar-refractivity contribution in [2.75, 3.05) is 26.7 Å². The lowest BCUT2D eigenvalue weighted by Gasteiger charge is -2.23. The van der Waals surface area contributed by atoms with Gasteiger partial charge in [-0.3, -0.25) is 9.69 Å². The van der Waals surface area contributed by atoms with Crippen LogP contribution in [0.4, 0.5) is 0 Å². The molecule has 0 saturated carbocycles. The molecule has 0 aliphatic rings. The van der Waals surface area contributed by atoms with Gasteiger partial charge < -0.3 is 14.6 Å². The standard InChI is InChI=1S/C13H24N4O2/c1-5-14-11(13(18)19-6-2)9-16(3)10-12-15-7-8-17(12)4/h7-8,11,14H,5-6,9-10H2,1-4H3. The number of carbonyl (C=O) groups excluding carboxylic acids is 1. The monoisotopic (exact) mass is 268 g/mol. The van der Waals surface area contributed by atoms with Gasteiger partial charge in [0.2, 0.25) is 0 Å². The summed E-state index contributed by atoms with van der Waals surface area (Å²) in [4.78, 5) is 18.1. The second-order valence-electron chi connectivity index (χ2n) is 4.51. The van der Waals surface area contributed by atoms with E-state index < -0.39 is 0 Å². The number of ether oxygens (including phenoxy) is 1. The van der Waals surface area contributed by atoms with Gasteiger partial charge >= 0.3 is 5.97 Å². The maximum Gasteiger partial charge on any atom is 0.324 e. The van der Waals surface area contributed by atoms with E-state index in [1.54, 1.807) is 6.20 Å². The van der Waals surface area contributed by atoms with Crippen LogP contribution < -0.4 is 5.32 Å². The molecule has 1 unspecified atom stereocenters. The minimum Gasteiger partial charge on any atom is -0.465 e. The lowest BCUT2D eigenvalue weighted by Crippen LogP contribution is -2.45. The highest BCUT2D eigenvalue weighted by Gasteiger charge is 2.20. The molecule has 1 rings (SSSR count). The van der Waals surface area contributed by atoms with E-state index in [1.807, 2.05) is 38.7 Å². The van der Waals surface area contributed by atoms with Crippen molar-refractivity contribution in [1.29, 1.82) is 0 Å². The average molecular weight is 268 g/mol. The summed E-state index contributed by atoms with van der Waals surface area (Å²) in [6.45, 7) is 6.23. The molecule has 0 spiro atoms. The Morgan fingerprint density at radius 1 is 1.58 bits per heavy atom. The molecular formula is C13H24N4O2. The van der Waals surface area contributed by atoms with E-state index >= 15 is 0 Å². The highest BCUT2D eigenvalue weighted by Crippen LogP contribution is 2.01. The molecule has 0 aliphatic carbocycles. The summed E-state index contributed by atoms with van der Waals surface area (Å²) in [5, 5.41) is 3.15. The van der Waals surface area contributed by atoms with Crippen LogP contribution in [-0.2, 0) is 23.1 Å². The fourth-order valence-electron chi connectivity index (χ4n) is 1.88. The fourth-order valence-corrected chi connectivity index (χ4v) is 1.88. The number of aryl methyl sites for hydroxylation is 1. The molecule has 0 fully saturated rings. The number of nitrogens with one attached hydrogen (secondary N) is 1. The van der Waals surface area contributed by atoms with Crippen LogP contribution in [0.1, 0.15) is 19.7 Å². The molecule has 1 heterocycles. The largest absolute Gasteiger partial charge is 0.465 e. The molecular weight excluding hydrogens is 244 g/mol. The SMILES string of the molecule is CCNC(CN(C)Cc1nccn1C)C(=O)OCC. The Labute approximate surface area is 114 Å². The van der Waals surface area contributed by atoms with Crippen molar-refractivity contribution < 1.29 is 9.53 Å². The lowest BCUT2D eigenvalue weighted by molar-refractivity contribution is -0.146. The lowest BCUT2D eigenvalue weighted by atomic mass is 10.2. The molecule has 6 heteroatoms. The number of carbonyl (C=O) groups is 1. The zero-order valence-corrected chi connectivity index (χ0v) is 12.2. The van der Waals surface area contributed by atoms with Gasteiger partial charge in [-0.25, -0.2) is 4.98 Å². The third kappa shape index (κ3) is 5.00. The van der Waals surface area contributed by atoms with Gasteiger partial charge in [-0.1, -0.05) is 6.92 Å². The molecule has 1 aromatic rings. The number of aromatic nitrogens is 2. The first-order chi connectivity index (χ1) is 9.08. The van der Waals surface area contributed by atoms with Gasteiger partial charge in [-0.2, -0.15) is 0 Å². The zero-order chi connectivity index (χ0) is 14.3. The number of likely N-dealkylation sites (N-methyl/N-ethyl adjacent to an activating group) is 2. The van der Waals surface area contributed by atoms with E-state index in [9.17, 15) is 4.79 Å². The van der Waals surface area contributed by atoms with Crippen molar-refractivity contribution in [2.24, 2.45) is 7.05 Å². The van der Waals surface area contributed by atoms with Crippen molar-refractivity contribution in [3.63, 3.8) is 0 Å². The van der Waals surface area contributed by atoms with Crippen molar-refractivity contribution in [1.82, 2.24) is 19.8 Å². The first kappa shape index (κ1) is 15.7. The van der Waals surface area contributed by atoms with Crippen LogP contribution in [0.5, 0.6) is 0 Å². The van der Waals surface area contributed by atoms with Crippen LogP contribution in [0.15, 0.2) is 12.4 Å². The molecule has 6 nitrogen and oxygen atoms in total. The van der Waals surface area contributed by atoms with Gasteiger partial charge in [0, 0.05) is 26.0 Å². The molecule has 1 atom stereocenters. The number of hydrogen-bond acceptors (Lipinski definition) is 5. The highest BCUT2D eigenvalue weighted by atomic mass is 16.5. The van der Waals surface area contributed by atoms with Crippen LogP contribution in [0.2, 0.25) is 0 Å². The van der Waals surface area contributed by atoms with Crippen LogP contribution >= 0.6 is 0 Å². The molecule has 0 radical (unpaired) electrons. The van der Waals surface area contributed by atoms with Crippen molar-refractivity contribution in [2.45, 2.75) is 26.4 Å². The number of esters is 1. The molecule has 1 N–H and O–H groups in total. The first-order valence-electron chi connectivity index (χ1n) is 6.63. The molecule has 108 valence electrons. The van der Waals surface area contributed by atoms with E-state index in [4.69, 9.17) is 4.74 Å². The number of nitrogens with zero attached hydrogens (tertiary/aromatic N) is 3. The second-order valence-corrected chi connectivity index (χ2v) is 4.51. The van der Waals surface area contributed by atoms with E-state index in [2.05, 4.69) is 15.2 Å². The van der Waals surface area contributed by atoms with Gasteiger partial charge in [0.25, 0.3) is 0 Å². The van der Waals surface area contributed by atoms with Crippen LogP contribution in [0, 0.1) is 0 Å². The Bertz CT molecular complexity index is 392. The second kappa shape index (κ2) is 7.91. The number of hydrogen-bond donors (Lipinski definition) is 1. The molecule has 1 aromatic heterocycles. The summed E-state index contributed by atoms with van der Waals surface area (Å²) >= 11 is 0. The molecule has 0 amide bonds. The van der Waals surface area contributed by atoms with Crippen molar-refractivity contribution in [3.05, 3.63) is 18.2 Å². The smallest absolute Gasteiger partial charge is 0.324 e. The molecule has 0 aliphatic heterocycles. The van der Waals surface area contributed by atoms with Crippen molar-refractivity contribution in [3.8, 4) is 0 Å². The predicted octanol–water partition coefficient (Wildman–Crippen LogP) is 0.393. The first-order valence-corrected chi connectivity index (χ1v) is 6.63. The summed E-state index contributed by atoms with van der Waals surface area (Å²) < 4.78 is 7.04. The highest BCUT2D eigenvalue weighted by molar-refractivity contribution is 5.76. The summed E-state index contributed by atoms with van der Waals surface area (Å²) in [5.41, 5.74) is 0. The van der Waals surface area contributed by atoms with E-state index in [0.717, 1.165) is 12.4 Å². The molecule has 0 saturated heterocycles. The zero-order valence-electron chi connectivity index (χ0n) is 12.2. The molecule has 19 heavy (non-hydrogen) atoms. The Morgan fingerprint density at radius 2 is 2.32 bits per heavy atom. The Balaban J connectivity index is 2.53. The van der Waals surface area contributed by atoms with Gasteiger partial charge in [-0.15, -0.1) is 0 Å². The van der Waals surface area contributed by atoms with Gasteiger partial charge in [0.05, 0.1) is 13.2 Å². The third-order valence-electron chi connectivity index (χ3n) is 2.85. The van der Waals surface area contributed by atoms with Crippen LogP contribution in [-0.4, -0.2) is 53.2 Å². The normalized spacial score (nSPS) is 12.7. The summed E-state index contributed by atoms with van der Waals surface area (Å²) in [6.07, 6.45) is 3.69.